The molecule has 0 spiro atoms. The van der Waals surface area contributed by atoms with Crippen molar-refractivity contribution in [3.63, 3.8) is 0 Å². The van der Waals surface area contributed by atoms with Gasteiger partial charge in [0, 0.05) is 16.6 Å². The number of halogens is 2. The van der Waals surface area contributed by atoms with Crippen molar-refractivity contribution in [2.75, 3.05) is 0 Å². The molecule has 0 atom stereocenters. The summed E-state index contributed by atoms with van der Waals surface area (Å²) in [5, 5.41) is 15.4. The van der Waals surface area contributed by atoms with E-state index in [0.29, 0.717) is 25.7 Å². The Morgan fingerprint density at radius 1 is 1.54 bits per heavy atom. The van der Waals surface area contributed by atoms with Gasteiger partial charge in [-0.1, -0.05) is 15.9 Å². The molecular weight excluding hydrogens is 304 g/mol. The highest BCUT2D eigenvalue weighted by Crippen LogP contribution is 2.22. The second-order valence-corrected chi connectivity index (χ2v) is 3.92. The summed E-state index contributed by atoms with van der Waals surface area (Å²) in [5.74, 6) is 0. The fourth-order valence-electron chi connectivity index (χ4n) is 1.09. The van der Waals surface area contributed by atoms with Crippen molar-refractivity contribution in [2.24, 2.45) is 0 Å². The second-order valence-electron chi connectivity index (χ2n) is 2.51. The van der Waals surface area contributed by atoms with Crippen LogP contribution in [-0.4, -0.2) is 5.16 Å². The average Bonchev–Trinajstić information content (AvgIpc) is 2.48. The van der Waals surface area contributed by atoms with Crippen LogP contribution in [0.4, 0.5) is 0 Å². The summed E-state index contributed by atoms with van der Waals surface area (Å²) in [7, 11) is 0. The van der Waals surface area contributed by atoms with Crippen LogP contribution in [0.2, 0.25) is 0 Å². The summed E-state index contributed by atoms with van der Waals surface area (Å²) >= 11 is 6.60. The van der Waals surface area contributed by atoms with E-state index in [1.807, 2.05) is 6.07 Å². The first-order chi connectivity index (χ1) is 6.22. The molecule has 0 amide bonds. The van der Waals surface area contributed by atoms with Crippen molar-refractivity contribution in [1.82, 2.24) is 5.16 Å². The first kappa shape index (κ1) is 8.96. The predicted molar refractivity (Wildman–Crippen MR) is 53.3 cm³/mol. The lowest BCUT2D eigenvalue weighted by Crippen LogP contribution is -2.22. The summed E-state index contributed by atoms with van der Waals surface area (Å²) in [6.45, 7) is 0. The molecule has 68 valence electrons. The molecule has 4 nitrogen and oxygen atoms in total. The highest BCUT2D eigenvalue weighted by molar-refractivity contribution is 9.10. The largest absolute Gasteiger partial charge is 0.359 e. The van der Waals surface area contributed by atoms with Crippen molar-refractivity contribution < 1.29 is 9.53 Å². The van der Waals surface area contributed by atoms with Gasteiger partial charge in [0.1, 0.15) is 0 Å². The van der Waals surface area contributed by atoms with Crippen molar-refractivity contribution in [1.29, 1.82) is 0 Å². The summed E-state index contributed by atoms with van der Waals surface area (Å²) in [6.07, 6.45) is 0. The summed E-state index contributed by atoms with van der Waals surface area (Å²) in [4.78, 5) is 0.386. The molecule has 13 heavy (non-hydrogen) atoms. The van der Waals surface area contributed by atoms with Crippen molar-refractivity contribution in [3.05, 3.63) is 27.4 Å². The minimum absolute atomic E-state index is 0.386. The predicted octanol–water partition coefficient (Wildman–Crippen LogP) is 2.12. The van der Waals surface area contributed by atoms with Gasteiger partial charge in [0.2, 0.25) is 11.0 Å². The van der Waals surface area contributed by atoms with Gasteiger partial charge in [-0.15, -0.1) is 0 Å². The van der Waals surface area contributed by atoms with Crippen LogP contribution in [0.3, 0.4) is 0 Å². The number of nitrogens with zero attached hydrogens (tertiary/aromatic N) is 2. The van der Waals surface area contributed by atoms with E-state index in [4.69, 9.17) is 0 Å². The molecule has 0 aliphatic rings. The van der Waals surface area contributed by atoms with Crippen molar-refractivity contribution in [2.45, 2.75) is 5.33 Å². The Bertz CT molecular complexity index is 455. The highest BCUT2D eigenvalue weighted by atomic mass is 79.9. The molecule has 0 unspecified atom stereocenters. The molecule has 0 N–H and O–H groups in total. The number of hydrogen-bond donors (Lipinski definition) is 0. The molecule has 0 saturated carbocycles. The van der Waals surface area contributed by atoms with Crippen molar-refractivity contribution >= 4 is 42.9 Å². The Balaban J connectivity index is 2.79. The first-order valence-corrected chi connectivity index (χ1v) is 5.37. The van der Waals surface area contributed by atoms with Gasteiger partial charge in [-0.25, -0.2) is 0 Å². The average molecular weight is 308 g/mol. The standard InChI is InChI=1S/C7H4Br2N2O2/c8-3-4-1-5(9)7-6(2-4)10-13-11(7)12/h1-2H,3H2. The minimum atomic E-state index is 0.386. The molecule has 2 rings (SSSR count). The lowest BCUT2D eigenvalue weighted by atomic mass is 10.2. The number of alkyl halides is 1. The van der Waals surface area contributed by atoms with E-state index in [-0.39, 0.29) is 0 Å². The third kappa shape index (κ3) is 1.44. The van der Waals surface area contributed by atoms with Gasteiger partial charge in [-0.3, -0.25) is 4.63 Å². The Labute approximate surface area is 90.3 Å². The van der Waals surface area contributed by atoms with Crippen molar-refractivity contribution in [3.8, 4) is 0 Å². The van der Waals surface area contributed by atoms with Crippen LogP contribution in [0.5, 0.6) is 0 Å². The lowest BCUT2D eigenvalue weighted by Gasteiger charge is -1.94. The molecule has 0 aliphatic carbocycles. The zero-order valence-electron chi connectivity index (χ0n) is 6.33. The van der Waals surface area contributed by atoms with Gasteiger partial charge < -0.3 is 5.21 Å². The maximum Gasteiger partial charge on any atom is 0.250 e. The Morgan fingerprint density at radius 2 is 2.31 bits per heavy atom. The second kappa shape index (κ2) is 3.26. The monoisotopic (exact) mass is 306 g/mol. The summed E-state index contributed by atoms with van der Waals surface area (Å²) in [5.41, 5.74) is 2.01. The van der Waals surface area contributed by atoms with E-state index in [1.165, 1.54) is 0 Å². The van der Waals surface area contributed by atoms with Gasteiger partial charge in [0.15, 0.2) is 0 Å². The molecule has 1 aromatic heterocycles. The molecule has 0 fully saturated rings. The van der Waals surface area contributed by atoms with Crippen LogP contribution in [0.25, 0.3) is 11.0 Å². The van der Waals surface area contributed by atoms with Crippen LogP contribution in [0.1, 0.15) is 5.56 Å². The van der Waals surface area contributed by atoms with Gasteiger partial charge in [0.05, 0.1) is 4.47 Å². The maximum absolute atomic E-state index is 11.0. The smallest absolute Gasteiger partial charge is 0.250 e. The van der Waals surface area contributed by atoms with Gasteiger partial charge in [-0.2, -0.15) is 0 Å². The van der Waals surface area contributed by atoms with Gasteiger partial charge in [0.25, 0.3) is 0 Å². The molecule has 0 radical (unpaired) electrons. The van der Waals surface area contributed by atoms with E-state index in [0.717, 1.165) is 5.56 Å². The maximum atomic E-state index is 11.0. The third-order valence-corrected chi connectivity index (χ3v) is 2.91. The summed E-state index contributed by atoms with van der Waals surface area (Å²) in [6, 6.07) is 3.65. The molecular formula is C7H4Br2N2O2. The van der Waals surface area contributed by atoms with Gasteiger partial charge in [-0.05, 0) is 32.5 Å². The minimum Gasteiger partial charge on any atom is -0.359 e. The van der Waals surface area contributed by atoms with E-state index >= 15 is 0 Å². The Hall–Kier alpha value is -0.620. The summed E-state index contributed by atoms with van der Waals surface area (Å²) < 4.78 is 5.15. The van der Waals surface area contributed by atoms with Crippen LogP contribution >= 0.6 is 31.9 Å². The zero-order chi connectivity index (χ0) is 9.42. The molecule has 6 heteroatoms. The number of aromatic nitrogens is 2. The van der Waals surface area contributed by atoms with Crippen LogP contribution in [0.15, 0.2) is 21.2 Å². The fourth-order valence-corrected chi connectivity index (χ4v) is 2.05. The molecule has 1 aromatic carbocycles. The SMILES string of the molecule is [O-][n+]1onc2cc(CBr)cc(Br)c21. The van der Waals surface area contributed by atoms with Crippen LogP contribution < -0.4 is 4.90 Å². The fraction of sp³-hybridized carbons (Fsp3) is 0.143. The topological polar surface area (TPSA) is 53.0 Å². The van der Waals surface area contributed by atoms with Gasteiger partial charge >= 0.3 is 0 Å². The molecule has 2 aromatic rings. The first-order valence-electron chi connectivity index (χ1n) is 3.46. The zero-order valence-corrected chi connectivity index (χ0v) is 9.50. The van der Waals surface area contributed by atoms with E-state index in [9.17, 15) is 5.21 Å². The number of rotatable bonds is 1. The van der Waals surface area contributed by atoms with Crippen LogP contribution in [0, 0.1) is 5.21 Å². The Morgan fingerprint density at radius 3 is 3.00 bits per heavy atom. The number of fused-ring (bicyclic) bond motifs is 1. The van der Waals surface area contributed by atoms with E-state index in [2.05, 4.69) is 41.6 Å². The van der Waals surface area contributed by atoms with E-state index < -0.39 is 0 Å². The Kier molecular flexibility index (Phi) is 2.25. The normalized spacial score (nSPS) is 10.9. The quantitative estimate of drug-likeness (QED) is 0.599. The lowest BCUT2D eigenvalue weighted by molar-refractivity contribution is -0.782. The number of benzene rings is 1. The molecule has 0 saturated heterocycles. The van der Waals surface area contributed by atoms with Crippen LogP contribution in [-0.2, 0) is 5.33 Å². The molecule has 0 aliphatic heterocycles. The third-order valence-electron chi connectivity index (χ3n) is 1.65. The molecule has 1 heterocycles. The molecule has 0 bridgehead atoms. The highest BCUT2D eigenvalue weighted by Gasteiger charge is 2.13. The van der Waals surface area contributed by atoms with E-state index in [1.54, 1.807) is 6.07 Å². The number of hydrogen-bond acceptors (Lipinski definition) is 3.